The van der Waals surface area contributed by atoms with E-state index >= 15 is 0 Å². The number of rotatable bonds is 15. The van der Waals surface area contributed by atoms with Crippen LogP contribution in [0.25, 0.3) is 11.1 Å². The Labute approximate surface area is 243 Å². The summed E-state index contributed by atoms with van der Waals surface area (Å²) in [6.45, 7) is 3.97. The van der Waals surface area contributed by atoms with Gasteiger partial charge in [-0.15, -0.1) is 5.10 Å². The molecule has 2 aromatic carbocycles. The third-order valence-electron chi connectivity index (χ3n) is 7.11. The third kappa shape index (κ3) is 7.18. The van der Waals surface area contributed by atoms with Crippen LogP contribution < -0.4 is 16.4 Å². The van der Waals surface area contributed by atoms with Gasteiger partial charge in [0, 0.05) is 18.7 Å². The second-order valence-electron chi connectivity index (χ2n) is 9.95. The van der Waals surface area contributed by atoms with Crippen molar-refractivity contribution in [2.24, 2.45) is 5.73 Å². The zero-order valence-corrected chi connectivity index (χ0v) is 23.3. The number of fused-ring (bicyclic) bond motifs is 1. The molecule has 42 heavy (non-hydrogen) atoms. The molecule has 2 aliphatic rings. The van der Waals surface area contributed by atoms with Crippen molar-refractivity contribution in [2.45, 2.75) is 38.5 Å². The summed E-state index contributed by atoms with van der Waals surface area (Å²) in [5.41, 5.74) is 10.0. The van der Waals surface area contributed by atoms with Gasteiger partial charge in [0.1, 0.15) is 11.7 Å². The Hall–Kier alpha value is -4.17. The quantitative estimate of drug-likeness (QED) is 0.136. The molecular weight excluding hydrogens is 542 g/mol. The Morgan fingerprint density at radius 2 is 1.79 bits per heavy atom. The maximum absolute atomic E-state index is 13.5. The molecule has 0 aliphatic carbocycles. The van der Waals surface area contributed by atoms with E-state index in [0.717, 1.165) is 28.1 Å². The number of hydrogen-bond donors (Lipinski definition) is 3. The molecule has 0 saturated carbocycles. The van der Waals surface area contributed by atoms with Gasteiger partial charge >= 0.3 is 0 Å². The number of anilines is 1. The molecule has 222 valence electrons. The molecule has 3 heterocycles. The lowest BCUT2D eigenvalue weighted by molar-refractivity contribution is -0.136. The molecule has 2 aliphatic heterocycles. The normalized spacial score (nSPS) is 16.5. The van der Waals surface area contributed by atoms with Gasteiger partial charge in [0.05, 0.1) is 64.6 Å². The first-order valence-electron chi connectivity index (χ1n) is 14.0. The number of carbonyl (C=O) groups is 3. The smallest absolute Gasteiger partial charge is 0.255 e. The first-order chi connectivity index (χ1) is 20.5. The van der Waals surface area contributed by atoms with Crippen LogP contribution in [0.1, 0.15) is 34.5 Å². The molecule has 13 nitrogen and oxygen atoms in total. The second kappa shape index (κ2) is 14.1. The highest BCUT2D eigenvalue weighted by molar-refractivity contribution is 6.08. The Bertz CT molecular complexity index is 1410. The van der Waals surface area contributed by atoms with Gasteiger partial charge in [0.25, 0.3) is 5.91 Å². The van der Waals surface area contributed by atoms with Crippen LogP contribution in [0.5, 0.6) is 0 Å². The maximum atomic E-state index is 13.5. The number of nitrogens with one attached hydrogen (secondary N) is 2. The average Bonchev–Trinajstić information content (AvgIpc) is 3.59. The van der Waals surface area contributed by atoms with Crippen molar-refractivity contribution in [3.8, 4) is 11.1 Å². The molecule has 1 atom stereocenters. The highest BCUT2D eigenvalue weighted by Crippen LogP contribution is 2.35. The van der Waals surface area contributed by atoms with Crippen LogP contribution in [0, 0.1) is 0 Å². The monoisotopic (exact) mass is 577 g/mol. The Kier molecular flexibility index (Phi) is 9.87. The first-order valence-corrected chi connectivity index (χ1v) is 14.0. The summed E-state index contributed by atoms with van der Waals surface area (Å²) in [6, 6.07) is 12.9. The van der Waals surface area contributed by atoms with Gasteiger partial charge in [0.2, 0.25) is 11.8 Å². The van der Waals surface area contributed by atoms with Crippen molar-refractivity contribution < 1.29 is 28.6 Å². The number of hydrogen-bond acceptors (Lipinski definition) is 10. The van der Waals surface area contributed by atoms with Crippen molar-refractivity contribution in [1.29, 1.82) is 0 Å². The van der Waals surface area contributed by atoms with Crippen molar-refractivity contribution in [1.82, 2.24) is 25.2 Å². The molecule has 0 radical (unpaired) electrons. The van der Waals surface area contributed by atoms with E-state index in [1.54, 1.807) is 9.58 Å². The van der Waals surface area contributed by atoms with Crippen LogP contribution in [0.2, 0.25) is 0 Å². The van der Waals surface area contributed by atoms with Crippen LogP contribution in [0.15, 0.2) is 48.7 Å². The minimum Gasteiger partial charge on any atom is -0.379 e. The van der Waals surface area contributed by atoms with Gasteiger partial charge < -0.3 is 30.2 Å². The third-order valence-corrected chi connectivity index (χ3v) is 7.11. The molecule has 1 aromatic heterocycles. The maximum Gasteiger partial charge on any atom is 0.255 e. The number of imide groups is 1. The first kappa shape index (κ1) is 29.3. The van der Waals surface area contributed by atoms with Crippen LogP contribution >= 0.6 is 0 Å². The summed E-state index contributed by atoms with van der Waals surface area (Å²) in [4.78, 5) is 39.1. The predicted molar refractivity (Wildman–Crippen MR) is 152 cm³/mol. The van der Waals surface area contributed by atoms with E-state index in [1.165, 1.54) is 0 Å². The van der Waals surface area contributed by atoms with Crippen molar-refractivity contribution in [3.63, 3.8) is 0 Å². The molecular formula is C29H35N7O6. The molecule has 1 unspecified atom stereocenters. The molecule has 3 amide bonds. The van der Waals surface area contributed by atoms with E-state index in [0.29, 0.717) is 64.7 Å². The summed E-state index contributed by atoms with van der Waals surface area (Å²) in [5, 5.41) is 14.1. The summed E-state index contributed by atoms with van der Waals surface area (Å²) < 4.78 is 17.7. The minimum atomic E-state index is -0.649. The van der Waals surface area contributed by atoms with E-state index in [1.807, 2.05) is 48.7 Å². The number of benzene rings is 2. The largest absolute Gasteiger partial charge is 0.379 e. The number of amides is 3. The fourth-order valence-electron chi connectivity index (χ4n) is 5.05. The summed E-state index contributed by atoms with van der Waals surface area (Å²) in [6.07, 6.45) is 2.42. The lowest BCUT2D eigenvalue weighted by atomic mass is 9.96. The van der Waals surface area contributed by atoms with Crippen molar-refractivity contribution >= 4 is 23.4 Å². The number of ether oxygens (including phenoxy) is 3. The summed E-state index contributed by atoms with van der Waals surface area (Å²) in [5.74, 6) is -0.913. The van der Waals surface area contributed by atoms with Gasteiger partial charge in [-0.1, -0.05) is 35.5 Å². The number of carbonyl (C=O) groups excluding carboxylic acids is 3. The molecule has 1 fully saturated rings. The van der Waals surface area contributed by atoms with Crippen LogP contribution in [0.3, 0.4) is 0 Å². The molecule has 3 aromatic rings. The molecule has 1 saturated heterocycles. The SMILES string of the molecule is NCOCCOCCOCCn1cc(CNc2cccc(-c3cccc4c3C(=O)N(C3CCC(=O)NC3=O)C4)c2)nn1. The van der Waals surface area contributed by atoms with Gasteiger partial charge in [-0.25, -0.2) is 4.68 Å². The zero-order valence-electron chi connectivity index (χ0n) is 23.3. The summed E-state index contributed by atoms with van der Waals surface area (Å²) >= 11 is 0. The van der Waals surface area contributed by atoms with Gasteiger partial charge in [-0.2, -0.15) is 0 Å². The fourth-order valence-corrected chi connectivity index (χ4v) is 5.05. The van der Waals surface area contributed by atoms with Gasteiger partial charge in [-0.05, 0) is 35.2 Å². The van der Waals surface area contributed by atoms with Crippen molar-refractivity contribution in [3.05, 3.63) is 65.5 Å². The highest BCUT2D eigenvalue weighted by atomic mass is 16.5. The molecule has 4 N–H and O–H groups in total. The van der Waals surface area contributed by atoms with Gasteiger partial charge in [0.15, 0.2) is 0 Å². The van der Waals surface area contributed by atoms with Gasteiger partial charge in [-0.3, -0.25) is 19.7 Å². The number of nitrogens with zero attached hydrogens (tertiary/aromatic N) is 4. The van der Waals surface area contributed by atoms with E-state index < -0.39 is 11.9 Å². The Morgan fingerprint density at radius 1 is 1.00 bits per heavy atom. The van der Waals surface area contributed by atoms with Crippen molar-refractivity contribution in [2.75, 3.05) is 45.1 Å². The summed E-state index contributed by atoms with van der Waals surface area (Å²) in [7, 11) is 0. The lowest BCUT2D eigenvalue weighted by Crippen LogP contribution is -2.52. The standard InChI is InChI=1S/C29H35N7O6/c30-19-42-14-13-41-12-11-40-10-9-35-18-23(33-34-35)16-31-22-5-1-3-20(15-22)24-6-2-4-21-17-36(29(39)27(21)24)25-7-8-26(37)32-28(25)38/h1-6,15,18,25,31H,7-14,16-17,19,30H2,(H,32,37,38). The lowest BCUT2D eigenvalue weighted by Gasteiger charge is -2.29. The second-order valence-corrected chi connectivity index (χ2v) is 9.95. The van der Waals surface area contributed by atoms with Crippen LogP contribution in [-0.2, 0) is 43.4 Å². The molecule has 5 rings (SSSR count). The molecule has 0 bridgehead atoms. The van der Waals surface area contributed by atoms with E-state index in [4.69, 9.17) is 19.9 Å². The van der Waals surface area contributed by atoms with E-state index in [9.17, 15) is 14.4 Å². The molecule has 13 heteroatoms. The number of piperidine rings is 1. The fraction of sp³-hybridized carbons (Fsp3) is 0.414. The number of aromatic nitrogens is 3. The van der Waals surface area contributed by atoms with Crippen LogP contribution in [0.4, 0.5) is 5.69 Å². The number of nitrogens with two attached hydrogens (primary N) is 1. The average molecular weight is 578 g/mol. The predicted octanol–water partition coefficient (Wildman–Crippen LogP) is 1.28. The Morgan fingerprint density at radius 3 is 2.60 bits per heavy atom. The topological polar surface area (TPSA) is 163 Å². The van der Waals surface area contributed by atoms with Crippen LogP contribution in [-0.4, -0.2) is 83.4 Å². The Balaban J connectivity index is 1.14. The molecule has 0 spiro atoms. The zero-order chi connectivity index (χ0) is 29.3. The van der Waals surface area contributed by atoms with E-state index in [-0.39, 0.29) is 25.0 Å². The minimum absolute atomic E-state index is 0.188. The highest BCUT2D eigenvalue weighted by Gasteiger charge is 2.40. The van der Waals surface area contributed by atoms with E-state index in [2.05, 4.69) is 20.9 Å².